The van der Waals surface area contributed by atoms with Crippen LogP contribution in [0, 0.1) is 0 Å². The molecule has 1 fully saturated rings. The normalized spacial score (nSPS) is 19.7. The summed E-state index contributed by atoms with van der Waals surface area (Å²) in [4.78, 5) is 50.9. The summed E-state index contributed by atoms with van der Waals surface area (Å²) in [7, 11) is 11.5. The van der Waals surface area contributed by atoms with Crippen molar-refractivity contribution in [3.8, 4) is 0 Å². The first-order valence-electron chi connectivity index (χ1n) is 10.7. The van der Waals surface area contributed by atoms with E-state index in [1.807, 2.05) is 0 Å². The monoisotopic (exact) mass is 495 g/mol. The Kier molecular flexibility index (Phi) is 6.48. The number of nitrogens with one attached hydrogen (secondary N) is 2. The summed E-state index contributed by atoms with van der Waals surface area (Å²) < 4.78 is 29.0. The molecule has 1 saturated heterocycles. The van der Waals surface area contributed by atoms with E-state index < -0.39 is 46.4 Å². The van der Waals surface area contributed by atoms with Gasteiger partial charge in [0.1, 0.15) is 6.04 Å². The molecule has 2 aromatic carbocycles. The van der Waals surface area contributed by atoms with E-state index >= 15 is 0 Å². The average molecular weight is 495 g/mol. The number of carbonyl (C=O) groups excluding carboxylic acids is 4. The van der Waals surface area contributed by atoms with Crippen LogP contribution in [0.15, 0.2) is 42.5 Å². The number of fused-ring (bicyclic) bond motifs is 1. The smallest absolute Gasteiger partial charge is 0.346 e. The quantitative estimate of drug-likeness (QED) is 0.490. The number of nitrogens with zero attached hydrogens (tertiary/aromatic N) is 1. The summed E-state index contributed by atoms with van der Waals surface area (Å²) in [6.07, 6.45) is 0.0848. The van der Waals surface area contributed by atoms with Gasteiger partial charge in [-0.25, -0.2) is 0 Å². The molecule has 0 aromatic heterocycles. The molecule has 176 valence electrons. The first kappa shape index (κ1) is 24.9. The molecule has 4 rings (SSSR count). The summed E-state index contributed by atoms with van der Waals surface area (Å²) in [5, 5.41) is 2.89. The van der Waals surface area contributed by atoms with Crippen molar-refractivity contribution in [2.45, 2.75) is 43.1 Å². The fraction of sp³-hybridized carbons (Fsp3) is 0.304. The molecule has 2 aromatic rings. The van der Waals surface area contributed by atoms with Crippen molar-refractivity contribution in [2.24, 2.45) is 0 Å². The van der Waals surface area contributed by atoms with Gasteiger partial charge in [0.05, 0.1) is 15.7 Å². The number of halogens is 3. The summed E-state index contributed by atoms with van der Waals surface area (Å²) in [5.41, 5.74) is 0.888. The van der Waals surface area contributed by atoms with Gasteiger partial charge in [-0.05, 0) is 41.0 Å². The lowest BCUT2D eigenvalue weighted by Gasteiger charge is -2.25. The van der Waals surface area contributed by atoms with Crippen LogP contribution in [-0.4, -0.2) is 50.3 Å². The SMILES string of the molecule is [B]C1([B])CC[C@H](N2Cc3cc(CNC(=O)C(F)(F)c4ccc(Cl)cc4)ccc3C2=O)C(=O)NC1=O. The Morgan fingerprint density at radius 3 is 2.54 bits per heavy atom. The van der Waals surface area contributed by atoms with Gasteiger partial charge < -0.3 is 10.2 Å². The van der Waals surface area contributed by atoms with Gasteiger partial charge in [0.15, 0.2) is 0 Å². The van der Waals surface area contributed by atoms with Crippen LogP contribution in [0.2, 0.25) is 10.2 Å². The second kappa shape index (κ2) is 9.11. The van der Waals surface area contributed by atoms with E-state index in [0.29, 0.717) is 16.7 Å². The van der Waals surface area contributed by atoms with Crippen molar-refractivity contribution in [1.82, 2.24) is 15.5 Å². The van der Waals surface area contributed by atoms with Crippen LogP contribution >= 0.6 is 11.6 Å². The van der Waals surface area contributed by atoms with Gasteiger partial charge in [0.2, 0.25) is 11.8 Å². The molecule has 0 bridgehead atoms. The molecule has 7 nitrogen and oxygen atoms in total. The molecule has 2 N–H and O–H groups in total. The summed E-state index contributed by atoms with van der Waals surface area (Å²) in [5.74, 6) is -7.16. The van der Waals surface area contributed by atoms with E-state index in [1.165, 1.54) is 29.2 Å². The summed E-state index contributed by atoms with van der Waals surface area (Å²) in [6.45, 7) is -0.143. The number of hydrogen-bond acceptors (Lipinski definition) is 4. The number of benzene rings is 2. The second-order valence-electron chi connectivity index (χ2n) is 8.60. The van der Waals surface area contributed by atoms with E-state index in [2.05, 4.69) is 10.6 Å². The van der Waals surface area contributed by atoms with E-state index in [4.69, 9.17) is 27.3 Å². The number of rotatable bonds is 5. The number of imide groups is 1. The van der Waals surface area contributed by atoms with Gasteiger partial charge in [-0.15, -0.1) is 0 Å². The lowest BCUT2D eigenvalue weighted by Crippen LogP contribution is -2.47. The zero-order chi connectivity index (χ0) is 25.5. The number of alkyl halides is 2. The second-order valence-corrected chi connectivity index (χ2v) is 9.04. The van der Waals surface area contributed by atoms with Gasteiger partial charge in [-0.3, -0.25) is 24.5 Å². The first-order valence-corrected chi connectivity index (χ1v) is 11.1. The van der Waals surface area contributed by atoms with Gasteiger partial charge in [-0.2, -0.15) is 8.78 Å². The molecule has 2 aliphatic rings. The molecule has 0 saturated carbocycles. The molecule has 4 amide bonds. The standard InChI is InChI=1S/C23H18B2ClF2N3O4/c24-22(25)8-7-17(18(32)30-20(22)34)31-11-13-9-12(1-6-16(13)19(31)33)10-29-21(35)23(27,28)14-2-4-15(26)5-3-14/h1-6,9,17H,7-8,10-11H2,(H,29,35)(H,30,32,34)/t17-/m0/s1. The van der Waals surface area contributed by atoms with Crippen molar-refractivity contribution >= 4 is 50.9 Å². The molecule has 0 aliphatic carbocycles. The molecule has 12 heteroatoms. The topological polar surface area (TPSA) is 95.6 Å². The zero-order valence-corrected chi connectivity index (χ0v) is 19.1. The Morgan fingerprint density at radius 2 is 1.86 bits per heavy atom. The van der Waals surface area contributed by atoms with Gasteiger partial charge >= 0.3 is 5.92 Å². The molecule has 4 radical (unpaired) electrons. The Labute approximate surface area is 207 Å². The van der Waals surface area contributed by atoms with Crippen LogP contribution in [0.4, 0.5) is 8.78 Å². The highest BCUT2D eigenvalue weighted by atomic mass is 35.5. The third-order valence-corrected chi connectivity index (χ3v) is 6.37. The van der Waals surface area contributed by atoms with Crippen LogP contribution in [-0.2, 0) is 33.4 Å². The van der Waals surface area contributed by atoms with Gasteiger partial charge in [-0.1, -0.05) is 42.3 Å². The molecule has 35 heavy (non-hydrogen) atoms. The molecule has 1 atom stereocenters. The first-order chi connectivity index (χ1) is 16.4. The highest BCUT2D eigenvalue weighted by Crippen LogP contribution is 2.33. The minimum atomic E-state index is -3.76. The van der Waals surface area contributed by atoms with Crippen molar-refractivity contribution in [3.63, 3.8) is 0 Å². The molecular weight excluding hydrogens is 477 g/mol. The third kappa shape index (κ3) is 4.82. The highest BCUT2D eigenvalue weighted by molar-refractivity contribution is 6.51. The van der Waals surface area contributed by atoms with Crippen molar-refractivity contribution in [1.29, 1.82) is 0 Å². The van der Waals surface area contributed by atoms with Crippen LogP contribution in [0.1, 0.15) is 39.9 Å². The largest absolute Gasteiger partial charge is 0.349 e. The Balaban J connectivity index is 1.45. The molecule has 0 unspecified atom stereocenters. The fourth-order valence-corrected chi connectivity index (χ4v) is 4.20. The molecule has 2 heterocycles. The predicted molar refractivity (Wildman–Crippen MR) is 124 cm³/mol. The van der Waals surface area contributed by atoms with E-state index in [9.17, 15) is 28.0 Å². The Hall–Kier alpha value is -3.20. The highest BCUT2D eigenvalue weighted by Gasteiger charge is 2.42. The molecular formula is C23H18B2ClF2N3O4. The number of carbonyl (C=O) groups is 4. The predicted octanol–water partition coefficient (Wildman–Crippen LogP) is 1.96. The Bertz CT molecular complexity index is 1220. The summed E-state index contributed by atoms with van der Waals surface area (Å²) in [6, 6.07) is 8.38. The molecule has 2 aliphatic heterocycles. The third-order valence-electron chi connectivity index (χ3n) is 6.12. The minimum absolute atomic E-state index is 0.00548. The Morgan fingerprint density at radius 1 is 1.17 bits per heavy atom. The van der Waals surface area contributed by atoms with E-state index in [-0.39, 0.29) is 31.0 Å². The number of hydrogen-bond donors (Lipinski definition) is 2. The lowest BCUT2D eigenvalue weighted by molar-refractivity contribution is -0.147. The lowest BCUT2D eigenvalue weighted by atomic mass is 9.52. The maximum atomic E-state index is 14.5. The van der Waals surface area contributed by atoms with Crippen molar-refractivity contribution < 1.29 is 28.0 Å². The van der Waals surface area contributed by atoms with Crippen molar-refractivity contribution in [2.75, 3.05) is 0 Å². The summed E-state index contributed by atoms with van der Waals surface area (Å²) >= 11 is 5.71. The average Bonchev–Trinajstić information content (AvgIpc) is 3.08. The van der Waals surface area contributed by atoms with E-state index in [1.54, 1.807) is 6.07 Å². The van der Waals surface area contributed by atoms with Crippen LogP contribution in [0.3, 0.4) is 0 Å². The number of amides is 4. The fourth-order valence-electron chi connectivity index (χ4n) is 4.07. The van der Waals surface area contributed by atoms with E-state index in [0.717, 1.165) is 12.1 Å². The van der Waals surface area contributed by atoms with Crippen LogP contribution in [0.5, 0.6) is 0 Å². The van der Waals surface area contributed by atoms with Gasteiger partial charge in [0.25, 0.3) is 11.8 Å². The maximum absolute atomic E-state index is 14.5. The van der Waals surface area contributed by atoms with Gasteiger partial charge in [0, 0.05) is 29.2 Å². The van der Waals surface area contributed by atoms with Crippen molar-refractivity contribution in [3.05, 3.63) is 69.7 Å². The zero-order valence-electron chi connectivity index (χ0n) is 18.3. The van der Waals surface area contributed by atoms with Crippen LogP contribution in [0.25, 0.3) is 0 Å². The molecule has 0 spiro atoms. The van der Waals surface area contributed by atoms with Crippen LogP contribution < -0.4 is 10.6 Å². The minimum Gasteiger partial charge on any atom is -0.346 e. The maximum Gasteiger partial charge on any atom is 0.349 e.